The molecule has 4 heteroatoms. The van der Waals surface area contributed by atoms with Crippen molar-refractivity contribution in [3.05, 3.63) is 34.3 Å². The minimum absolute atomic E-state index is 0.217. The lowest BCUT2D eigenvalue weighted by molar-refractivity contribution is -0.131. The third kappa shape index (κ3) is 4.10. The molecule has 0 radical (unpaired) electrons. The fraction of sp³-hybridized carbons (Fsp3) is 0.438. The Morgan fingerprint density at radius 1 is 1.45 bits per heavy atom. The number of rotatable bonds is 4. The fourth-order valence-corrected chi connectivity index (χ4v) is 3.07. The smallest absolute Gasteiger partial charge is 0.328 e. The van der Waals surface area contributed by atoms with Crippen molar-refractivity contribution >= 4 is 28.0 Å². The molecule has 1 fully saturated rings. The fourth-order valence-electron chi connectivity index (χ4n) is 2.59. The molecule has 2 unspecified atom stereocenters. The van der Waals surface area contributed by atoms with Crippen molar-refractivity contribution in [2.45, 2.75) is 38.7 Å². The van der Waals surface area contributed by atoms with Crippen LogP contribution in [0.25, 0.3) is 6.08 Å². The Morgan fingerprint density at radius 3 is 2.95 bits per heavy atom. The molecule has 0 saturated heterocycles. The van der Waals surface area contributed by atoms with Crippen LogP contribution in [0, 0.1) is 5.92 Å². The van der Waals surface area contributed by atoms with Crippen molar-refractivity contribution in [3.8, 4) is 5.75 Å². The van der Waals surface area contributed by atoms with Crippen molar-refractivity contribution < 1.29 is 14.6 Å². The summed E-state index contributed by atoms with van der Waals surface area (Å²) in [6, 6.07) is 5.66. The number of carboxylic acid groups (broad SMARTS) is 1. The van der Waals surface area contributed by atoms with Crippen LogP contribution in [0.4, 0.5) is 0 Å². The van der Waals surface area contributed by atoms with Gasteiger partial charge < -0.3 is 9.84 Å². The van der Waals surface area contributed by atoms with E-state index in [-0.39, 0.29) is 6.10 Å². The predicted octanol–water partition coefficient (Wildman–Crippen LogP) is 4.50. The summed E-state index contributed by atoms with van der Waals surface area (Å²) in [5.74, 6) is 0.473. The van der Waals surface area contributed by atoms with E-state index in [0.717, 1.165) is 34.7 Å². The molecular weight excluding hydrogens is 320 g/mol. The van der Waals surface area contributed by atoms with Crippen LogP contribution in [0.1, 0.15) is 38.2 Å². The van der Waals surface area contributed by atoms with E-state index in [1.54, 1.807) is 6.08 Å². The summed E-state index contributed by atoms with van der Waals surface area (Å²) < 4.78 is 6.99. The summed E-state index contributed by atoms with van der Waals surface area (Å²) in [5.41, 5.74) is 0.792. The van der Waals surface area contributed by atoms with Crippen LogP contribution in [-0.2, 0) is 4.79 Å². The van der Waals surface area contributed by atoms with E-state index in [2.05, 4.69) is 22.9 Å². The molecule has 1 aliphatic carbocycles. The molecule has 0 amide bonds. The summed E-state index contributed by atoms with van der Waals surface area (Å²) >= 11 is 3.49. The third-order valence-electron chi connectivity index (χ3n) is 3.58. The molecule has 0 aromatic heterocycles. The van der Waals surface area contributed by atoms with Crippen LogP contribution in [0.3, 0.4) is 0 Å². The highest BCUT2D eigenvalue weighted by Gasteiger charge is 2.21. The monoisotopic (exact) mass is 338 g/mol. The zero-order valence-electron chi connectivity index (χ0n) is 11.5. The number of hydrogen-bond donors (Lipinski definition) is 1. The molecule has 1 saturated carbocycles. The number of hydrogen-bond acceptors (Lipinski definition) is 2. The second-order valence-electron chi connectivity index (χ2n) is 5.34. The van der Waals surface area contributed by atoms with Gasteiger partial charge in [0.25, 0.3) is 0 Å². The van der Waals surface area contributed by atoms with E-state index in [1.807, 2.05) is 18.2 Å². The van der Waals surface area contributed by atoms with Gasteiger partial charge in [-0.2, -0.15) is 0 Å². The van der Waals surface area contributed by atoms with Gasteiger partial charge in [-0.05, 0) is 53.3 Å². The van der Waals surface area contributed by atoms with Gasteiger partial charge in [0, 0.05) is 11.6 Å². The summed E-state index contributed by atoms with van der Waals surface area (Å²) in [7, 11) is 0. The molecule has 2 atom stereocenters. The predicted molar refractivity (Wildman–Crippen MR) is 82.9 cm³/mol. The van der Waals surface area contributed by atoms with E-state index in [4.69, 9.17) is 9.84 Å². The number of aliphatic carboxylic acids is 1. The molecule has 0 bridgehead atoms. The van der Waals surface area contributed by atoms with Crippen molar-refractivity contribution in [1.82, 2.24) is 0 Å². The molecule has 3 nitrogen and oxygen atoms in total. The zero-order chi connectivity index (χ0) is 14.5. The van der Waals surface area contributed by atoms with Gasteiger partial charge >= 0.3 is 5.97 Å². The lowest BCUT2D eigenvalue weighted by Crippen LogP contribution is -2.24. The number of carbonyl (C=O) groups is 1. The van der Waals surface area contributed by atoms with Gasteiger partial charge in [-0.1, -0.05) is 25.5 Å². The zero-order valence-corrected chi connectivity index (χ0v) is 13.1. The summed E-state index contributed by atoms with van der Waals surface area (Å²) in [4.78, 5) is 10.7. The van der Waals surface area contributed by atoms with E-state index < -0.39 is 5.97 Å². The number of benzene rings is 1. The Kier molecular flexibility index (Phi) is 5.24. The number of halogens is 1. The first-order valence-electron chi connectivity index (χ1n) is 6.92. The first-order valence-corrected chi connectivity index (χ1v) is 7.71. The normalized spacial score (nSPS) is 22.9. The summed E-state index contributed by atoms with van der Waals surface area (Å²) in [6.07, 6.45) is 7.51. The van der Waals surface area contributed by atoms with E-state index in [1.165, 1.54) is 12.8 Å². The molecule has 0 heterocycles. The maximum atomic E-state index is 10.7. The molecule has 1 aromatic carbocycles. The van der Waals surface area contributed by atoms with Crippen LogP contribution in [0.2, 0.25) is 0 Å². The van der Waals surface area contributed by atoms with Gasteiger partial charge in [0.05, 0.1) is 10.6 Å². The highest BCUT2D eigenvalue weighted by Crippen LogP contribution is 2.34. The third-order valence-corrected chi connectivity index (χ3v) is 4.20. The molecule has 1 aliphatic rings. The average molecular weight is 339 g/mol. The van der Waals surface area contributed by atoms with Crippen molar-refractivity contribution in [3.63, 3.8) is 0 Å². The van der Waals surface area contributed by atoms with Crippen molar-refractivity contribution in [1.29, 1.82) is 0 Å². The van der Waals surface area contributed by atoms with Gasteiger partial charge in [-0.3, -0.25) is 0 Å². The molecule has 2 rings (SSSR count). The van der Waals surface area contributed by atoms with Crippen LogP contribution >= 0.6 is 15.9 Å². The molecule has 108 valence electrons. The first-order chi connectivity index (χ1) is 9.56. The maximum Gasteiger partial charge on any atom is 0.328 e. The van der Waals surface area contributed by atoms with Gasteiger partial charge in [-0.25, -0.2) is 4.79 Å². The summed E-state index contributed by atoms with van der Waals surface area (Å²) in [5, 5.41) is 8.75. The lowest BCUT2D eigenvalue weighted by Gasteiger charge is -2.28. The van der Waals surface area contributed by atoms with Gasteiger partial charge in [0.15, 0.2) is 0 Å². The first kappa shape index (κ1) is 15.1. The molecule has 20 heavy (non-hydrogen) atoms. The molecule has 0 aliphatic heterocycles. The quantitative estimate of drug-likeness (QED) is 0.822. The molecule has 1 aromatic rings. The minimum Gasteiger partial charge on any atom is -0.489 e. The Balaban J connectivity index is 2.19. The topological polar surface area (TPSA) is 46.5 Å². The Labute approximate surface area is 127 Å². The van der Waals surface area contributed by atoms with Crippen LogP contribution < -0.4 is 4.74 Å². The van der Waals surface area contributed by atoms with E-state index in [9.17, 15) is 4.79 Å². The highest BCUT2D eigenvalue weighted by molar-refractivity contribution is 9.10. The average Bonchev–Trinajstić information content (AvgIpc) is 2.39. The second kappa shape index (κ2) is 6.93. The Bertz CT molecular complexity index is 510. The Hall–Kier alpha value is -1.29. The SMILES string of the molecule is CC1CCCC(Oc2c(Br)cccc2C=CC(=O)O)C1. The number of carboxylic acids is 1. The molecular formula is C16H19BrO3. The molecule has 0 spiro atoms. The van der Waals surface area contributed by atoms with Crippen LogP contribution in [-0.4, -0.2) is 17.2 Å². The van der Waals surface area contributed by atoms with Crippen LogP contribution in [0.5, 0.6) is 5.75 Å². The highest BCUT2D eigenvalue weighted by atomic mass is 79.9. The molecule has 1 N–H and O–H groups in total. The van der Waals surface area contributed by atoms with Gasteiger partial charge in [-0.15, -0.1) is 0 Å². The second-order valence-corrected chi connectivity index (χ2v) is 6.20. The minimum atomic E-state index is -0.956. The van der Waals surface area contributed by atoms with Crippen molar-refractivity contribution in [2.24, 2.45) is 5.92 Å². The van der Waals surface area contributed by atoms with Gasteiger partial charge in [0.2, 0.25) is 0 Å². The lowest BCUT2D eigenvalue weighted by atomic mass is 9.88. The summed E-state index contributed by atoms with van der Waals surface area (Å²) in [6.45, 7) is 2.25. The standard InChI is InChI=1S/C16H19BrO3/c1-11-4-2-6-13(10-11)20-16-12(8-9-15(18)19)5-3-7-14(16)17/h3,5,7-9,11,13H,2,4,6,10H2,1H3,(H,18,19). The Morgan fingerprint density at radius 2 is 2.25 bits per heavy atom. The van der Waals surface area contributed by atoms with Crippen LogP contribution in [0.15, 0.2) is 28.7 Å². The number of ether oxygens (including phenoxy) is 1. The van der Waals surface area contributed by atoms with Gasteiger partial charge in [0.1, 0.15) is 5.75 Å². The number of para-hydroxylation sites is 1. The van der Waals surface area contributed by atoms with E-state index >= 15 is 0 Å². The largest absolute Gasteiger partial charge is 0.489 e. The maximum absolute atomic E-state index is 10.7. The van der Waals surface area contributed by atoms with Crippen molar-refractivity contribution in [2.75, 3.05) is 0 Å². The van der Waals surface area contributed by atoms with E-state index in [0.29, 0.717) is 5.92 Å².